The van der Waals surface area contributed by atoms with E-state index >= 15 is 0 Å². The van der Waals surface area contributed by atoms with E-state index in [0.717, 1.165) is 30.5 Å². The lowest BCUT2D eigenvalue weighted by Crippen LogP contribution is -2.35. The van der Waals surface area contributed by atoms with Crippen LogP contribution < -0.4 is 4.90 Å². The van der Waals surface area contributed by atoms with Gasteiger partial charge in [-0.1, -0.05) is 42.8 Å². The Bertz CT molecular complexity index is 1210. The van der Waals surface area contributed by atoms with Gasteiger partial charge < -0.3 is 4.57 Å². The largest absolute Gasteiger partial charge is 0.345 e. The Kier molecular flexibility index (Phi) is 6.59. The minimum Gasteiger partial charge on any atom is -0.345 e. The molecule has 9 heteroatoms. The number of amides is 1. The van der Waals surface area contributed by atoms with Crippen LogP contribution in [0.1, 0.15) is 29.8 Å². The number of hydrogen-bond acceptors (Lipinski definition) is 5. The van der Waals surface area contributed by atoms with Gasteiger partial charge in [-0.2, -0.15) is 4.31 Å². The number of thiazole rings is 1. The Labute approximate surface area is 192 Å². The molecule has 0 atom stereocenters. The highest BCUT2D eigenvalue weighted by molar-refractivity contribution is 7.89. The summed E-state index contributed by atoms with van der Waals surface area (Å²) in [5.41, 5.74) is 2.04. The highest BCUT2D eigenvalue weighted by Gasteiger charge is 2.30. The highest BCUT2D eigenvalue weighted by atomic mass is 32.2. The van der Waals surface area contributed by atoms with Gasteiger partial charge in [0.15, 0.2) is 5.13 Å². The Morgan fingerprint density at radius 2 is 1.94 bits per heavy atom. The van der Waals surface area contributed by atoms with Crippen molar-refractivity contribution in [2.24, 2.45) is 7.05 Å². The topological polar surface area (TPSA) is 75.5 Å². The molecule has 1 fully saturated rings. The van der Waals surface area contributed by atoms with Gasteiger partial charge in [0.2, 0.25) is 10.0 Å². The summed E-state index contributed by atoms with van der Waals surface area (Å²) in [4.78, 5) is 19.7. The normalized spacial score (nSPS) is 14.9. The standard InChI is InChI=1S/C23H26N4O3S2/c1-3-12-27(23-24-20(17-31-23)18-10-6-4-7-11-18)22(28)21-15-19(16-25(21)2)32(29,30)26-13-8-5-9-14-26/h3-4,6-7,10-11,15-17H,1,5,8-9,12-14H2,2H3. The van der Waals surface area contributed by atoms with Gasteiger partial charge in [0.25, 0.3) is 5.91 Å². The maximum absolute atomic E-state index is 13.4. The van der Waals surface area contributed by atoms with E-state index in [1.165, 1.54) is 32.8 Å². The van der Waals surface area contributed by atoms with Crippen LogP contribution in [-0.2, 0) is 17.1 Å². The van der Waals surface area contributed by atoms with E-state index in [-0.39, 0.29) is 17.3 Å². The van der Waals surface area contributed by atoms with Gasteiger partial charge in [-0.3, -0.25) is 9.69 Å². The van der Waals surface area contributed by atoms with Crippen molar-refractivity contribution in [2.75, 3.05) is 24.5 Å². The van der Waals surface area contributed by atoms with Gasteiger partial charge in [0.1, 0.15) is 10.6 Å². The predicted molar refractivity (Wildman–Crippen MR) is 127 cm³/mol. The Hall–Kier alpha value is -2.75. The fourth-order valence-corrected chi connectivity index (χ4v) is 6.22. The Morgan fingerprint density at radius 3 is 2.62 bits per heavy atom. The molecule has 0 radical (unpaired) electrons. The average Bonchev–Trinajstić information content (AvgIpc) is 3.46. The number of sulfonamides is 1. The van der Waals surface area contributed by atoms with E-state index in [9.17, 15) is 13.2 Å². The molecule has 3 aromatic rings. The Balaban J connectivity index is 1.63. The van der Waals surface area contributed by atoms with Crippen LogP contribution in [0.25, 0.3) is 11.3 Å². The number of rotatable bonds is 7. The second-order valence-corrected chi connectivity index (χ2v) is 10.5. The van der Waals surface area contributed by atoms with Crippen molar-refractivity contribution in [1.82, 2.24) is 13.9 Å². The molecule has 3 heterocycles. The fraction of sp³-hybridized carbons (Fsp3) is 0.304. The number of carbonyl (C=O) groups excluding carboxylic acids is 1. The molecule has 0 N–H and O–H groups in total. The summed E-state index contributed by atoms with van der Waals surface area (Å²) in [7, 11) is -1.94. The van der Waals surface area contributed by atoms with Gasteiger partial charge in [0.05, 0.1) is 5.69 Å². The number of benzene rings is 1. The molecule has 1 aliphatic heterocycles. The molecular weight excluding hydrogens is 444 g/mol. The summed E-state index contributed by atoms with van der Waals surface area (Å²) in [6.07, 6.45) is 5.91. The van der Waals surface area contributed by atoms with Crippen molar-refractivity contribution in [3.63, 3.8) is 0 Å². The highest BCUT2D eigenvalue weighted by Crippen LogP contribution is 2.29. The molecule has 1 aliphatic rings. The third-order valence-corrected chi connectivity index (χ3v) is 8.23. The van der Waals surface area contributed by atoms with Crippen molar-refractivity contribution in [3.8, 4) is 11.3 Å². The molecule has 168 valence electrons. The number of nitrogens with zero attached hydrogens (tertiary/aromatic N) is 4. The van der Waals surface area contributed by atoms with Gasteiger partial charge in [-0.15, -0.1) is 17.9 Å². The lowest BCUT2D eigenvalue weighted by Gasteiger charge is -2.25. The number of aromatic nitrogens is 2. The molecule has 1 saturated heterocycles. The molecular formula is C23H26N4O3S2. The van der Waals surface area contributed by atoms with Crippen molar-refractivity contribution in [1.29, 1.82) is 0 Å². The first-order valence-corrected chi connectivity index (χ1v) is 12.8. The van der Waals surface area contributed by atoms with Crippen molar-refractivity contribution >= 4 is 32.4 Å². The van der Waals surface area contributed by atoms with Crippen LogP contribution in [0.15, 0.2) is 65.5 Å². The average molecular weight is 471 g/mol. The fourth-order valence-electron chi connectivity index (χ4n) is 3.79. The van der Waals surface area contributed by atoms with Crippen LogP contribution in [0.5, 0.6) is 0 Å². The van der Waals surface area contributed by atoms with Crippen molar-refractivity contribution in [3.05, 3.63) is 66.3 Å². The van der Waals surface area contributed by atoms with Gasteiger partial charge in [0, 0.05) is 43.8 Å². The number of anilines is 1. The van der Waals surface area contributed by atoms with Crippen LogP contribution in [0, 0.1) is 0 Å². The lowest BCUT2D eigenvalue weighted by atomic mass is 10.2. The summed E-state index contributed by atoms with van der Waals surface area (Å²) >= 11 is 1.37. The van der Waals surface area contributed by atoms with Crippen LogP contribution in [0.2, 0.25) is 0 Å². The molecule has 7 nitrogen and oxygen atoms in total. The van der Waals surface area contributed by atoms with Gasteiger partial charge in [-0.05, 0) is 18.9 Å². The summed E-state index contributed by atoms with van der Waals surface area (Å²) < 4.78 is 29.2. The van der Waals surface area contributed by atoms with E-state index in [1.54, 1.807) is 17.7 Å². The second-order valence-electron chi connectivity index (χ2n) is 7.72. The van der Waals surface area contributed by atoms with Crippen LogP contribution in [0.4, 0.5) is 5.13 Å². The zero-order valence-electron chi connectivity index (χ0n) is 18.0. The molecule has 1 amide bonds. The van der Waals surface area contributed by atoms with Crippen LogP contribution >= 0.6 is 11.3 Å². The predicted octanol–water partition coefficient (Wildman–Crippen LogP) is 4.16. The summed E-state index contributed by atoms with van der Waals surface area (Å²) in [5, 5.41) is 2.45. The number of piperidine rings is 1. The molecule has 1 aromatic carbocycles. The number of hydrogen-bond donors (Lipinski definition) is 0. The van der Waals surface area contributed by atoms with Gasteiger partial charge in [-0.25, -0.2) is 13.4 Å². The van der Waals surface area contributed by atoms with Crippen LogP contribution in [-0.4, -0.2) is 47.8 Å². The van der Waals surface area contributed by atoms with E-state index in [1.807, 2.05) is 35.7 Å². The third kappa shape index (κ3) is 4.41. The zero-order chi connectivity index (χ0) is 22.7. The van der Waals surface area contributed by atoms with Crippen molar-refractivity contribution in [2.45, 2.75) is 24.2 Å². The summed E-state index contributed by atoms with van der Waals surface area (Å²) in [6, 6.07) is 11.2. The van der Waals surface area contributed by atoms with Gasteiger partial charge >= 0.3 is 0 Å². The van der Waals surface area contributed by atoms with E-state index in [0.29, 0.717) is 23.9 Å². The molecule has 0 saturated carbocycles. The molecule has 32 heavy (non-hydrogen) atoms. The maximum Gasteiger partial charge on any atom is 0.277 e. The molecule has 0 unspecified atom stereocenters. The lowest BCUT2D eigenvalue weighted by molar-refractivity contribution is 0.0982. The molecule has 0 bridgehead atoms. The van der Waals surface area contributed by atoms with E-state index in [2.05, 4.69) is 11.6 Å². The first-order valence-electron chi connectivity index (χ1n) is 10.5. The summed E-state index contributed by atoms with van der Waals surface area (Å²) in [6.45, 7) is 5.07. The monoisotopic (exact) mass is 470 g/mol. The minimum absolute atomic E-state index is 0.146. The van der Waals surface area contributed by atoms with Crippen molar-refractivity contribution < 1.29 is 13.2 Å². The smallest absolute Gasteiger partial charge is 0.277 e. The quantitative estimate of drug-likeness (QED) is 0.486. The third-order valence-electron chi connectivity index (χ3n) is 5.50. The zero-order valence-corrected chi connectivity index (χ0v) is 19.6. The number of aryl methyl sites for hydroxylation is 1. The number of carbonyl (C=O) groups is 1. The summed E-state index contributed by atoms with van der Waals surface area (Å²) in [5.74, 6) is -0.318. The second kappa shape index (κ2) is 9.40. The SMILES string of the molecule is C=CCN(C(=O)c1cc(S(=O)(=O)N2CCCCC2)cn1C)c1nc(-c2ccccc2)cs1. The first kappa shape index (κ1) is 22.4. The molecule has 4 rings (SSSR count). The molecule has 0 aliphatic carbocycles. The first-order chi connectivity index (χ1) is 15.4. The molecule has 0 spiro atoms. The minimum atomic E-state index is -3.62. The maximum atomic E-state index is 13.4. The molecule has 2 aromatic heterocycles. The Morgan fingerprint density at radius 1 is 1.22 bits per heavy atom. The van der Waals surface area contributed by atoms with Crippen LogP contribution in [0.3, 0.4) is 0 Å². The van der Waals surface area contributed by atoms with E-state index in [4.69, 9.17) is 0 Å². The van der Waals surface area contributed by atoms with E-state index < -0.39 is 10.0 Å².